The minimum atomic E-state index is 0.0558. The minimum absolute atomic E-state index is 0.0558. The van der Waals surface area contributed by atoms with Gasteiger partial charge in [0.1, 0.15) is 0 Å². The smallest absolute Gasteiger partial charge is 0.231 e. The third-order valence-electron chi connectivity index (χ3n) is 5.94. The van der Waals surface area contributed by atoms with Crippen LogP contribution in [0.2, 0.25) is 0 Å². The number of carbonyl (C=O) groups is 1. The number of ether oxygens (including phenoxy) is 1. The van der Waals surface area contributed by atoms with Gasteiger partial charge in [-0.2, -0.15) is 0 Å². The fourth-order valence-electron chi connectivity index (χ4n) is 3.77. The number of nitrogens with zero attached hydrogens (tertiary/aromatic N) is 1. The Labute approximate surface area is 148 Å². The molecule has 0 saturated heterocycles. The molecule has 0 N–H and O–H groups in total. The van der Waals surface area contributed by atoms with Gasteiger partial charge in [0.05, 0.1) is 5.00 Å². The molecule has 3 nitrogen and oxygen atoms in total. The van der Waals surface area contributed by atoms with E-state index in [0.717, 1.165) is 11.4 Å². The summed E-state index contributed by atoms with van der Waals surface area (Å²) in [5.41, 5.74) is 0.112. The van der Waals surface area contributed by atoms with Gasteiger partial charge in [0.15, 0.2) is 0 Å². The van der Waals surface area contributed by atoms with Gasteiger partial charge in [0, 0.05) is 30.9 Å². The predicted molar refractivity (Wildman–Crippen MR) is 102 cm³/mol. The number of amides is 1. The van der Waals surface area contributed by atoms with Gasteiger partial charge in [-0.05, 0) is 34.8 Å². The quantitative estimate of drug-likeness (QED) is 0.693. The summed E-state index contributed by atoms with van der Waals surface area (Å²) in [6.45, 7) is 10.2. The van der Waals surface area contributed by atoms with E-state index in [1.165, 1.54) is 10.1 Å². The van der Waals surface area contributed by atoms with E-state index >= 15 is 0 Å². The highest BCUT2D eigenvalue weighted by molar-refractivity contribution is 7.23. The molecule has 1 fully saturated rings. The summed E-state index contributed by atoms with van der Waals surface area (Å²) in [4.78, 5) is 15.3. The maximum atomic E-state index is 13.3. The van der Waals surface area contributed by atoms with Crippen molar-refractivity contribution in [2.45, 2.75) is 34.1 Å². The van der Waals surface area contributed by atoms with E-state index < -0.39 is 0 Å². The zero-order valence-electron chi connectivity index (χ0n) is 15.3. The zero-order valence-corrected chi connectivity index (χ0v) is 16.1. The van der Waals surface area contributed by atoms with Gasteiger partial charge >= 0.3 is 0 Å². The van der Waals surface area contributed by atoms with Gasteiger partial charge < -0.3 is 9.64 Å². The highest BCUT2D eigenvalue weighted by atomic mass is 32.1. The van der Waals surface area contributed by atoms with Crippen LogP contribution in [0.3, 0.4) is 0 Å². The molecule has 0 spiro atoms. The van der Waals surface area contributed by atoms with Gasteiger partial charge in [-0.15, -0.1) is 11.3 Å². The second-order valence-corrected chi connectivity index (χ2v) is 8.90. The summed E-state index contributed by atoms with van der Waals surface area (Å²) in [6, 6.07) is 10.5. The fourth-order valence-corrected chi connectivity index (χ4v) is 4.86. The van der Waals surface area contributed by atoms with Gasteiger partial charge in [-0.3, -0.25) is 4.79 Å². The second-order valence-electron chi connectivity index (χ2n) is 7.84. The summed E-state index contributed by atoms with van der Waals surface area (Å²) in [5.74, 6) is 0.338. The molecule has 1 aromatic heterocycles. The first kappa shape index (κ1) is 17.4. The molecule has 1 heterocycles. The molecule has 130 valence electrons. The van der Waals surface area contributed by atoms with Crippen LogP contribution in [0.4, 0.5) is 5.00 Å². The van der Waals surface area contributed by atoms with E-state index in [1.807, 2.05) is 17.0 Å². The van der Waals surface area contributed by atoms with Crippen LogP contribution < -0.4 is 4.90 Å². The maximum Gasteiger partial charge on any atom is 0.231 e. The molecular weight excluding hydrogens is 318 g/mol. The molecular formula is C20H27NO2S. The van der Waals surface area contributed by atoms with Crippen LogP contribution in [0.5, 0.6) is 0 Å². The Balaban J connectivity index is 1.90. The molecule has 1 amide bonds. The van der Waals surface area contributed by atoms with E-state index in [-0.39, 0.29) is 22.7 Å². The molecule has 0 bridgehead atoms. The third kappa shape index (κ3) is 2.76. The number of thiophene rings is 1. The summed E-state index contributed by atoms with van der Waals surface area (Å²) in [7, 11) is 1.71. The van der Waals surface area contributed by atoms with E-state index in [9.17, 15) is 4.79 Å². The third-order valence-corrected chi connectivity index (χ3v) is 7.08. The monoisotopic (exact) mass is 345 g/mol. The number of benzene rings is 1. The number of hydrogen-bond donors (Lipinski definition) is 0. The van der Waals surface area contributed by atoms with E-state index in [4.69, 9.17) is 4.74 Å². The molecule has 1 aromatic carbocycles. The van der Waals surface area contributed by atoms with Crippen molar-refractivity contribution < 1.29 is 9.53 Å². The highest BCUT2D eigenvalue weighted by Crippen LogP contribution is 2.69. The normalized spacial score (nSPS) is 18.7. The van der Waals surface area contributed by atoms with Crippen molar-refractivity contribution in [1.82, 2.24) is 0 Å². The number of carbonyl (C=O) groups excluding carboxylic acids is 1. The Morgan fingerprint density at radius 1 is 1.21 bits per heavy atom. The maximum absolute atomic E-state index is 13.3. The highest BCUT2D eigenvalue weighted by Gasteiger charge is 2.68. The summed E-state index contributed by atoms with van der Waals surface area (Å²) in [5, 5.41) is 2.26. The molecule has 2 aromatic rings. The van der Waals surface area contributed by atoms with Gasteiger partial charge in [0.2, 0.25) is 5.91 Å². The van der Waals surface area contributed by atoms with Crippen molar-refractivity contribution in [3.05, 3.63) is 30.3 Å². The van der Waals surface area contributed by atoms with Crippen LogP contribution in [0.15, 0.2) is 30.3 Å². The van der Waals surface area contributed by atoms with Crippen LogP contribution in [-0.2, 0) is 9.53 Å². The molecule has 0 atom stereocenters. The molecule has 0 unspecified atom stereocenters. The molecule has 3 rings (SSSR count). The predicted octanol–water partition coefficient (Wildman–Crippen LogP) is 4.95. The van der Waals surface area contributed by atoms with Gasteiger partial charge in [-0.25, -0.2) is 0 Å². The number of methoxy groups -OCH3 is 1. The lowest BCUT2D eigenvalue weighted by atomic mass is 10.0. The van der Waals surface area contributed by atoms with Crippen molar-refractivity contribution in [3.63, 3.8) is 0 Å². The van der Waals surface area contributed by atoms with E-state index in [0.29, 0.717) is 13.2 Å². The standard InChI is InChI=1S/C20H27NO2S/c1-19(2)17(20(19,3)4)18(22)21(11-8-12-23-5)16-13-14-9-6-7-10-15(14)24-16/h6-7,9-10,13,17H,8,11-12H2,1-5H3. The number of fused-ring (bicyclic) bond motifs is 1. The van der Waals surface area contributed by atoms with E-state index in [1.54, 1.807) is 18.4 Å². The molecule has 24 heavy (non-hydrogen) atoms. The van der Waals surface area contributed by atoms with Crippen molar-refractivity contribution in [3.8, 4) is 0 Å². The minimum Gasteiger partial charge on any atom is -0.385 e. The summed E-state index contributed by atoms with van der Waals surface area (Å²) >= 11 is 1.70. The van der Waals surface area contributed by atoms with Crippen molar-refractivity contribution in [2.75, 3.05) is 25.2 Å². The van der Waals surface area contributed by atoms with Gasteiger partial charge in [-0.1, -0.05) is 45.9 Å². The number of anilines is 1. The lowest BCUT2D eigenvalue weighted by molar-refractivity contribution is -0.120. The van der Waals surface area contributed by atoms with Crippen LogP contribution in [0.1, 0.15) is 34.1 Å². The first-order chi connectivity index (χ1) is 11.3. The Kier molecular flexibility index (Phi) is 4.47. The number of hydrogen-bond acceptors (Lipinski definition) is 3. The molecule has 1 aliphatic rings. The van der Waals surface area contributed by atoms with Crippen LogP contribution in [-0.4, -0.2) is 26.2 Å². The molecule has 1 saturated carbocycles. The van der Waals surface area contributed by atoms with Crippen molar-refractivity contribution >= 4 is 32.3 Å². The molecule has 0 aliphatic heterocycles. The Morgan fingerprint density at radius 3 is 2.46 bits per heavy atom. The first-order valence-corrected chi connectivity index (χ1v) is 9.41. The lowest BCUT2D eigenvalue weighted by Gasteiger charge is -2.22. The van der Waals surface area contributed by atoms with Crippen LogP contribution >= 0.6 is 11.3 Å². The molecule has 0 radical (unpaired) electrons. The van der Waals surface area contributed by atoms with Crippen molar-refractivity contribution in [2.24, 2.45) is 16.7 Å². The average Bonchev–Trinajstić information content (AvgIpc) is 2.84. The van der Waals surface area contributed by atoms with Crippen LogP contribution in [0.25, 0.3) is 10.1 Å². The second kappa shape index (κ2) is 6.16. The Morgan fingerprint density at radius 2 is 1.88 bits per heavy atom. The Bertz CT molecular complexity index is 700. The average molecular weight is 346 g/mol. The Hall–Kier alpha value is -1.39. The fraction of sp³-hybridized carbons (Fsp3) is 0.550. The van der Waals surface area contributed by atoms with E-state index in [2.05, 4.69) is 45.9 Å². The van der Waals surface area contributed by atoms with Gasteiger partial charge in [0.25, 0.3) is 0 Å². The molecule has 4 heteroatoms. The SMILES string of the molecule is COCCCN(C(=O)C1C(C)(C)C1(C)C)c1cc2ccccc2s1. The molecule has 1 aliphatic carbocycles. The number of rotatable bonds is 6. The summed E-state index contributed by atoms with van der Waals surface area (Å²) in [6.07, 6.45) is 0.851. The van der Waals surface area contributed by atoms with Crippen molar-refractivity contribution in [1.29, 1.82) is 0 Å². The topological polar surface area (TPSA) is 29.5 Å². The first-order valence-electron chi connectivity index (χ1n) is 8.59. The zero-order chi connectivity index (χ0) is 17.5. The summed E-state index contributed by atoms with van der Waals surface area (Å²) < 4.78 is 6.42. The lowest BCUT2D eigenvalue weighted by Crippen LogP contribution is -2.34. The largest absolute Gasteiger partial charge is 0.385 e. The van der Waals surface area contributed by atoms with Crippen LogP contribution in [0, 0.1) is 16.7 Å².